The van der Waals surface area contributed by atoms with Crippen LogP contribution in [0.2, 0.25) is 0 Å². The van der Waals surface area contributed by atoms with Crippen molar-refractivity contribution in [2.45, 2.75) is 23.3 Å². The van der Waals surface area contributed by atoms with Crippen molar-refractivity contribution in [3.63, 3.8) is 0 Å². The Bertz CT molecular complexity index is 1370. The quantitative estimate of drug-likeness (QED) is 0.332. The maximum atomic E-state index is 13.2. The lowest BCUT2D eigenvalue weighted by Crippen LogP contribution is -2.31. The van der Waals surface area contributed by atoms with Crippen LogP contribution in [0.4, 0.5) is 5.69 Å². The number of aromatic nitrogens is 2. The van der Waals surface area contributed by atoms with Gasteiger partial charge in [-0.2, -0.15) is 0 Å². The maximum Gasteiger partial charge on any atom is 0.264 e. The van der Waals surface area contributed by atoms with Gasteiger partial charge >= 0.3 is 0 Å². The Morgan fingerprint density at radius 2 is 1.69 bits per heavy atom. The highest BCUT2D eigenvalue weighted by Gasteiger charge is 2.23. The van der Waals surface area contributed by atoms with Crippen LogP contribution in [0.1, 0.15) is 22.8 Å². The largest absolute Gasteiger partial charge is 0.348 e. The van der Waals surface area contributed by atoms with Crippen LogP contribution >= 0.6 is 11.8 Å². The van der Waals surface area contributed by atoms with Crippen LogP contribution in [0.25, 0.3) is 5.69 Å². The molecule has 0 aliphatic heterocycles. The summed E-state index contributed by atoms with van der Waals surface area (Å²) in [6.45, 7) is 2.44. The highest BCUT2D eigenvalue weighted by molar-refractivity contribution is 7.98. The summed E-state index contributed by atoms with van der Waals surface area (Å²) in [7, 11) is -3.71. The number of carbonyl (C=O) groups excluding carboxylic acids is 1. The molecule has 4 rings (SSSR count). The van der Waals surface area contributed by atoms with Gasteiger partial charge in [0.15, 0.2) is 0 Å². The predicted octanol–water partition coefficient (Wildman–Crippen LogP) is 4.74. The van der Waals surface area contributed by atoms with E-state index in [9.17, 15) is 13.2 Å². The van der Waals surface area contributed by atoms with Crippen LogP contribution in [0.15, 0.2) is 101 Å². The lowest BCUT2D eigenvalue weighted by Gasteiger charge is -2.23. The first kappa shape index (κ1) is 24.6. The highest BCUT2D eigenvalue weighted by Crippen LogP contribution is 2.25. The average molecular weight is 507 g/mol. The molecule has 1 heterocycles. The molecule has 0 fully saturated rings. The first-order chi connectivity index (χ1) is 16.9. The second kappa shape index (κ2) is 10.8. The van der Waals surface area contributed by atoms with Crippen molar-refractivity contribution in [1.29, 1.82) is 0 Å². The molecule has 0 bridgehead atoms. The molecule has 180 valence electrons. The Morgan fingerprint density at radius 1 is 1.00 bits per heavy atom. The molecule has 7 nitrogen and oxygen atoms in total. The Morgan fingerprint density at radius 3 is 2.26 bits per heavy atom. The van der Waals surface area contributed by atoms with Crippen molar-refractivity contribution in [1.82, 2.24) is 14.9 Å². The second-order valence-electron chi connectivity index (χ2n) is 7.71. The first-order valence-electron chi connectivity index (χ1n) is 11.0. The number of carbonyl (C=O) groups is 1. The van der Waals surface area contributed by atoms with E-state index in [0.717, 1.165) is 16.1 Å². The third-order valence-electron chi connectivity index (χ3n) is 5.54. The molecule has 1 amide bonds. The fraction of sp³-hybridized carbons (Fsp3) is 0.154. The first-order valence-corrected chi connectivity index (χ1v) is 13.7. The van der Waals surface area contributed by atoms with Crippen LogP contribution in [0.5, 0.6) is 0 Å². The van der Waals surface area contributed by atoms with Crippen LogP contribution in [0.3, 0.4) is 0 Å². The summed E-state index contributed by atoms with van der Waals surface area (Å²) in [4.78, 5) is 17.9. The molecular formula is C26H26N4O3S2. The fourth-order valence-electron chi connectivity index (χ4n) is 3.63. The summed E-state index contributed by atoms with van der Waals surface area (Å²) in [5, 5.41) is 2.91. The van der Waals surface area contributed by atoms with Crippen molar-refractivity contribution >= 4 is 33.4 Å². The van der Waals surface area contributed by atoms with Crippen molar-refractivity contribution in [3.05, 3.63) is 103 Å². The molecule has 0 saturated carbocycles. The standard InChI is InChI=1S/C26H26N4O3S2/c1-3-30(35(32,33)25-14-12-24(34-2)13-15-25)23-10-6-21(7-11-23)26(31)28-18-20-4-8-22(9-5-20)29-17-16-27-19-29/h4-17,19H,3,18H2,1-2H3,(H,28,31). The molecule has 35 heavy (non-hydrogen) atoms. The molecule has 9 heteroatoms. The highest BCUT2D eigenvalue weighted by atomic mass is 32.2. The van der Waals surface area contributed by atoms with Gasteiger partial charge in [-0.15, -0.1) is 11.8 Å². The minimum absolute atomic E-state index is 0.228. The summed E-state index contributed by atoms with van der Waals surface area (Å²) >= 11 is 1.56. The van der Waals surface area contributed by atoms with E-state index in [1.165, 1.54) is 4.31 Å². The molecule has 3 aromatic carbocycles. The van der Waals surface area contributed by atoms with Crippen LogP contribution < -0.4 is 9.62 Å². The summed E-state index contributed by atoms with van der Waals surface area (Å²) in [5.74, 6) is -0.228. The van der Waals surface area contributed by atoms with Crippen LogP contribution in [0, 0.1) is 0 Å². The lowest BCUT2D eigenvalue weighted by molar-refractivity contribution is 0.0951. The summed E-state index contributed by atoms with van der Waals surface area (Å²) in [6.07, 6.45) is 7.26. The van der Waals surface area contributed by atoms with Gasteiger partial charge in [-0.05, 0) is 79.4 Å². The maximum absolute atomic E-state index is 13.2. The van der Waals surface area contributed by atoms with Gasteiger partial charge in [0.2, 0.25) is 0 Å². The van der Waals surface area contributed by atoms with Crippen molar-refractivity contribution < 1.29 is 13.2 Å². The minimum atomic E-state index is -3.71. The van der Waals surface area contributed by atoms with E-state index >= 15 is 0 Å². The number of benzene rings is 3. The van der Waals surface area contributed by atoms with Gasteiger partial charge < -0.3 is 9.88 Å². The van der Waals surface area contributed by atoms with E-state index in [1.54, 1.807) is 79.7 Å². The number of nitrogens with zero attached hydrogens (tertiary/aromatic N) is 3. The monoisotopic (exact) mass is 506 g/mol. The van der Waals surface area contributed by atoms with Gasteiger partial charge in [0.05, 0.1) is 16.9 Å². The smallest absolute Gasteiger partial charge is 0.264 e. The molecule has 0 saturated heterocycles. The predicted molar refractivity (Wildman–Crippen MR) is 140 cm³/mol. The molecule has 4 aromatic rings. The number of hydrogen-bond acceptors (Lipinski definition) is 5. The van der Waals surface area contributed by atoms with Crippen molar-refractivity contribution in [2.75, 3.05) is 17.1 Å². The molecule has 0 aliphatic carbocycles. The SMILES string of the molecule is CCN(c1ccc(C(=O)NCc2ccc(-n3ccnc3)cc2)cc1)S(=O)(=O)c1ccc(SC)cc1. The zero-order chi connectivity index (χ0) is 24.8. The van der Waals surface area contributed by atoms with E-state index in [2.05, 4.69) is 10.3 Å². The normalized spacial score (nSPS) is 11.3. The van der Waals surface area contributed by atoms with E-state index in [4.69, 9.17) is 0 Å². The number of anilines is 1. The Balaban J connectivity index is 1.41. The fourth-order valence-corrected chi connectivity index (χ4v) is 5.51. The molecule has 0 unspecified atom stereocenters. The average Bonchev–Trinajstić information content (AvgIpc) is 3.43. The van der Waals surface area contributed by atoms with Gasteiger partial charge in [-0.1, -0.05) is 12.1 Å². The van der Waals surface area contributed by atoms with Crippen LogP contribution in [-0.4, -0.2) is 36.7 Å². The number of hydrogen-bond donors (Lipinski definition) is 1. The molecule has 0 atom stereocenters. The molecule has 0 radical (unpaired) electrons. The lowest BCUT2D eigenvalue weighted by atomic mass is 10.1. The number of thioether (sulfide) groups is 1. The van der Waals surface area contributed by atoms with Crippen molar-refractivity contribution in [2.24, 2.45) is 0 Å². The van der Waals surface area contributed by atoms with E-state index < -0.39 is 10.0 Å². The topological polar surface area (TPSA) is 84.3 Å². The van der Waals surface area contributed by atoms with Crippen molar-refractivity contribution in [3.8, 4) is 5.69 Å². The van der Waals surface area contributed by atoms with Gasteiger partial charge in [0.25, 0.3) is 15.9 Å². The number of nitrogens with one attached hydrogen (secondary N) is 1. The number of rotatable bonds is 9. The van der Waals surface area contributed by atoms with Gasteiger partial charge in [0.1, 0.15) is 0 Å². The molecule has 0 spiro atoms. The number of amides is 1. The molecule has 1 aromatic heterocycles. The third kappa shape index (κ3) is 5.58. The number of sulfonamides is 1. The third-order valence-corrected chi connectivity index (χ3v) is 8.20. The Labute approximate surface area is 209 Å². The van der Waals surface area contributed by atoms with Crippen LogP contribution in [-0.2, 0) is 16.6 Å². The molecular weight excluding hydrogens is 480 g/mol. The minimum Gasteiger partial charge on any atom is -0.348 e. The number of imidazole rings is 1. The van der Waals surface area contributed by atoms with E-state index in [1.807, 2.05) is 41.3 Å². The molecule has 0 aliphatic rings. The van der Waals surface area contributed by atoms with Gasteiger partial charge in [0, 0.05) is 41.6 Å². The second-order valence-corrected chi connectivity index (χ2v) is 10.5. The Hall–Kier alpha value is -3.56. The summed E-state index contributed by atoms with van der Waals surface area (Å²) < 4.78 is 29.6. The van der Waals surface area contributed by atoms with Gasteiger partial charge in [-0.3, -0.25) is 9.10 Å². The summed E-state index contributed by atoms with van der Waals surface area (Å²) in [5.41, 5.74) is 2.92. The zero-order valence-electron chi connectivity index (χ0n) is 19.5. The van der Waals surface area contributed by atoms with E-state index in [0.29, 0.717) is 17.8 Å². The summed E-state index contributed by atoms with van der Waals surface area (Å²) in [6, 6.07) is 21.3. The van der Waals surface area contributed by atoms with E-state index in [-0.39, 0.29) is 17.3 Å². The zero-order valence-corrected chi connectivity index (χ0v) is 21.1. The Kier molecular flexibility index (Phi) is 7.57. The molecule has 1 N–H and O–H groups in total. The van der Waals surface area contributed by atoms with Gasteiger partial charge in [-0.25, -0.2) is 13.4 Å².